The van der Waals surface area contributed by atoms with Crippen LogP contribution in [0, 0.1) is 0 Å². The molecule has 0 aliphatic heterocycles. The number of ether oxygens (including phenoxy) is 1. The Balaban J connectivity index is 1.78. The Hall–Kier alpha value is -3.27. The maximum absolute atomic E-state index is 13.2. The lowest BCUT2D eigenvalue weighted by Crippen LogP contribution is -2.13. The highest BCUT2D eigenvalue weighted by Crippen LogP contribution is 2.32. The molecule has 0 radical (unpaired) electrons. The summed E-state index contributed by atoms with van der Waals surface area (Å²) in [5, 5.41) is 21.4. The van der Waals surface area contributed by atoms with Crippen molar-refractivity contribution >= 4 is 16.4 Å². The fourth-order valence-electron chi connectivity index (χ4n) is 2.79. The number of hydrogen-bond donors (Lipinski definition) is 1. The Labute approximate surface area is 156 Å². The van der Waals surface area contributed by atoms with Gasteiger partial charge in [0.05, 0.1) is 17.5 Å². The minimum absolute atomic E-state index is 0.00218. The number of rotatable bonds is 4. The Kier molecular flexibility index (Phi) is 4.34. The fraction of sp³-hybridized carbons (Fsp3) is 0.222. The van der Waals surface area contributed by atoms with Crippen LogP contribution in [0.1, 0.15) is 30.2 Å². The quantitative estimate of drug-likeness (QED) is 0.576. The van der Waals surface area contributed by atoms with E-state index in [9.17, 15) is 18.3 Å². The van der Waals surface area contributed by atoms with Gasteiger partial charge >= 0.3 is 6.18 Å². The third-order valence-electron chi connectivity index (χ3n) is 4.10. The van der Waals surface area contributed by atoms with Gasteiger partial charge < -0.3 is 9.84 Å². The lowest BCUT2D eigenvalue weighted by molar-refractivity contribution is -0.146. The van der Waals surface area contributed by atoms with Gasteiger partial charge in [0.2, 0.25) is 5.88 Å². The van der Waals surface area contributed by atoms with Crippen LogP contribution in [0.2, 0.25) is 0 Å². The zero-order chi connectivity index (χ0) is 19.9. The molecule has 7 nitrogen and oxygen atoms in total. The van der Waals surface area contributed by atoms with Crippen molar-refractivity contribution in [3.05, 3.63) is 59.7 Å². The van der Waals surface area contributed by atoms with Gasteiger partial charge in [0.25, 0.3) is 5.82 Å². The Morgan fingerprint density at radius 2 is 1.82 bits per heavy atom. The van der Waals surface area contributed by atoms with Gasteiger partial charge in [-0.2, -0.15) is 17.7 Å². The number of halogens is 3. The number of benzene rings is 1. The van der Waals surface area contributed by atoms with Gasteiger partial charge in [-0.3, -0.25) is 4.98 Å². The van der Waals surface area contributed by atoms with Crippen molar-refractivity contribution in [1.29, 1.82) is 0 Å². The molecule has 10 heteroatoms. The van der Waals surface area contributed by atoms with Gasteiger partial charge in [-0.15, -0.1) is 15.3 Å². The summed E-state index contributed by atoms with van der Waals surface area (Å²) in [5.41, 5.74) is 0.959. The summed E-state index contributed by atoms with van der Waals surface area (Å²) in [6.45, 7) is 1.55. The monoisotopic (exact) mass is 389 g/mol. The maximum Gasteiger partial charge on any atom is 0.453 e. The summed E-state index contributed by atoms with van der Waals surface area (Å²) in [6, 6.07) is 11.8. The van der Waals surface area contributed by atoms with E-state index < -0.39 is 18.1 Å². The summed E-state index contributed by atoms with van der Waals surface area (Å²) < 4.78 is 46.0. The molecule has 1 unspecified atom stereocenters. The second kappa shape index (κ2) is 6.71. The molecule has 0 saturated heterocycles. The Bertz CT molecular complexity index is 1160. The lowest BCUT2D eigenvalue weighted by atomic mass is 10.2. The SMILES string of the molecule is CC(O)c1cccc(COc2nn3c(C(F)(F)F)nnc3c3ccccc23)n1. The first-order valence-electron chi connectivity index (χ1n) is 8.32. The zero-order valence-corrected chi connectivity index (χ0v) is 14.6. The molecule has 3 aromatic heterocycles. The standard InChI is InChI=1S/C18H14F3N5O2/c1-10(27)14-8-4-5-11(22-14)9-28-16-13-7-3-2-6-12(13)15-23-24-17(18(19,20)21)26(15)25-16/h2-8,10,27H,9H2,1H3. The summed E-state index contributed by atoms with van der Waals surface area (Å²) in [5.74, 6) is -1.23. The molecule has 0 bridgehead atoms. The van der Waals surface area contributed by atoms with Gasteiger partial charge in [-0.05, 0) is 25.1 Å². The molecule has 4 aromatic rings. The van der Waals surface area contributed by atoms with Crippen molar-refractivity contribution in [1.82, 2.24) is 24.8 Å². The van der Waals surface area contributed by atoms with E-state index in [0.717, 1.165) is 0 Å². The van der Waals surface area contributed by atoms with Crippen LogP contribution < -0.4 is 4.74 Å². The van der Waals surface area contributed by atoms with Crippen LogP contribution in [-0.2, 0) is 12.8 Å². The van der Waals surface area contributed by atoms with Gasteiger partial charge in [-0.25, -0.2) is 0 Å². The average molecular weight is 389 g/mol. The van der Waals surface area contributed by atoms with Gasteiger partial charge in [0.1, 0.15) is 6.61 Å². The van der Waals surface area contributed by atoms with Gasteiger partial charge in [0, 0.05) is 10.8 Å². The van der Waals surface area contributed by atoms with Crippen molar-refractivity contribution < 1.29 is 23.0 Å². The summed E-state index contributed by atoms with van der Waals surface area (Å²) >= 11 is 0. The van der Waals surface area contributed by atoms with Crippen LogP contribution in [0.15, 0.2) is 42.5 Å². The summed E-state index contributed by atoms with van der Waals surface area (Å²) in [4.78, 5) is 4.26. The van der Waals surface area contributed by atoms with E-state index in [1.807, 2.05) is 0 Å². The largest absolute Gasteiger partial charge is 0.470 e. The maximum atomic E-state index is 13.2. The topological polar surface area (TPSA) is 85.4 Å². The van der Waals surface area contributed by atoms with E-state index in [2.05, 4.69) is 20.3 Å². The zero-order valence-electron chi connectivity index (χ0n) is 14.6. The van der Waals surface area contributed by atoms with Crippen LogP contribution in [0.5, 0.6) is 5.88 Å². The Morgan fingerprint density at radius 3 is 2.54 bits per heavy atom. The number of pyridine rings is 1. The average Bonchev–Trinajstić information content (AvgIpc) is 3.11. The Morgan fingerprint density at radius 1 is 1.07 bits per heavy atom. The number of aliphatic hydroxyl groups is 1. The summed E-state index contributed by atoms with van der Waals surface area (Å²) in [6.07, 6.45) is -5.46. The van der Waals surface area contributed by atoms with Gasteiger partial charge in [0.15, 0.2) is 5.65 Å². The molecule has 0 amide bonds. The molecular weight excluding hydrogens is 375 g/mol. The molecule has 28 heavy (non-hydrogen) atoms. The summed E-state index contributed by atoms with van der Waals surface area (Å²) in [7, 11) is 0. The van der Waals surface area contributed by atoms with Crippen molar-refractivity contribution in [3.8, 4) is 5.88 Å². The van der Waals surface area contributed by atoms with Crippen molar-refractivity contribution in [2.45, 2.75) is 25.8 Å². The smallest absolute Gasteiger partial charge is 0.453 e. The molecule has 3 heterocycles. The molecule has 0 spiro atoms. The first kappa shape index (κ1) is 18.1. The van der Waals surface area contributed by atoms with Crippen LogP contribution in [-0.4, -0.2) is 29.9 Å². The van der Waals surface area contributed by atoms with Crippen LogP contribution >= 0.6 is 0 Å². The number of nitrogens with zero attached hydrogens (tertiary/aromatic N) is 5. The minimum Gasteiger partial charge on any atom is -0.470 e. The molecule has 1 atom stereocenters. The molecule has 1 aromatic carbocycles. The molecular formula is C18H14F3N5O2. The second-order valence-corrected chi connectivity index (χ2v) is 6.13. The molecule has 0 saturated carbocycles. The number of aliphatic hydroxyl groups excluding tert-OH is 1. The van der Waals surface area contributed by atoms with Crippen molar-refractivity contribution in [3.63, 3.8) is 0 Å². The third kappa shape index (κ3) is 3.22. The highest BCUT2D eigenvalue weighted by molar-refractivity contribution is 5.96. The number of fused-ring (bicyclic) bond motifs is 3. The first-order chi connectivity index (χ1) is 13.3. The van der Waals surface area contributed by atoms with Crippen molar-refractivity contribution in [2.24, 2.45) is 0 Å². The van der Waals surface area contributed by atoms with E-state index in [0.29, 0.717) is 26.7 Å². The number of aromatic nitrogens is 5. The molecule has 0 fully saturated rings. The number of hydrogen-bond acceptors (Lipinski definition) is 6. The molecule has 1 N–H and O–H groups in total. The molecule has 0 aliphatic rings. The van der Waals surface area contributed by atoms with E-state index >= 15 is 0 Å². The molecule has 0 aliphatic carbocycles. The lowest BCUT2D eigenvalue weighted by Gasteiger charge is -2.11. The van der Waals surface area contributed by atoms with Crippen LogP contribution in [0.25, 0.3) is 16.4 Å². The highest BCUT2D eigenvalue weighted by atomic mass is 19.4. The third-order valence-corrected chi connectivity index (χ3v) is 4.10. The second-order valence-electron chi connectivity index (χ2n) is 6.13. The number of alkyl halides is 3. The van der Waals surface area contributed by atoms with Crippen LogP contribution in [0.3, 0.4) is 0 Å². The molecule has 144 valence electrons. The van der Waals surface area contributed by atoms with Crippen LogP contribution in [0.4, 0.5) is 13.2 Å². The highest BCUT2D eigenvalue weighted by Gasteiger charge is 2.38. The fourth-order valence-corrected chi connectivity index (χ4v) is 2.79. The first-order valence-corrected chi connectivity index (χ1v) is 8.32. The predicted octanol–water partition coefficient (Wildman–Crippen LogP) is 3.32. The van der Waals surface area contributed by atoms with Crippen molar-refractivity contribution in [2.75, 3.05) is 0 Å². The van der Waals surface area contributed by atoms with E-state index in [1.54, 1.807) is 49.4 Å². The normalized spacial score (nSPS) is 13.2. The predicted molar refractivity (Wildman–Crippen MR) is 92.5 cm³/mol. The van der Waals surface area contributed by atoms with E-state index in [1.165, 1.54) is 0 Å². The minimum atomic E-state index is -4.71. The van der Waals surface area contributed by atoms with E-state index in [4.69, 9.17) is 4.74 Å². The molecule has 4 rings (SSSR count). The van der Waals surface area contributed by atoms with E-state index in [-0.39, 0.29) is 18.1 Å². The van der Waals surface area contributed by atoms with Gasteiger partial charge in [-0.1, -0.05) is 24.3 Å².